The molecule has 1 fully saturated rings. The molecule has 1 aliphatic heterocycles. The van der Waals surface area contributed by atoms with Gasteiger partial charge in [0, 0.05) is 18.7 Å². The van der Waals surface area contributed by atoms with Crippen molar-refractivity contribution < 1.29 is 9.53 Å². The van der Waals surface area contributed by atoms with Gasteiger partial charge in [-0.1, -0.05) is 0 Å². The van der Waals surface area contributed by atoms with Crippen LogP contribution in [0.2, 0.25) is 0 Å². The molecular formula is C16H25N3O2. The maximum Gasteiger partial charge on any atom is 0.221 e. The smallest absolute Gasteiger partial charge is 0.221 e. The summed E-state index contributed by atoms with van der Waals surface area (Å²) in [4.78, 5) is 13.5. The van der Waals surface area contributed by atoms with E-state index in [-0.39, 0.29) is 5.91 Å². The zero-order valence-electron chi connectivity index (χ0n) is 13.1. The van der Waals surface area contributed by atoms with Gasteiger partial charge >= 0.3 is 0 Å². The van der Waals surface area contributed by atoms with E-state index < -0.39 is 0 Å². The lowest BCUT2D eigenvalue weighted by molar-refractivity contribution is -0.114. The van der Waals surface area contributed by atoms with Crippen LogP contribution in [-0.4, -0.2) is 44.1 Å². The number of amides is 1. The highest BCUT2D eigenvalue weighted by atomic mass is 16.5. The SMILES string of the molecule is COc1ccc(NC(C)=O)cc1NC1CCCN(C)CC1. The highest BCUT2D eigenvalue weighted by molar-refractivity contribution is 5.89. The number of anilines is 2. The number of nitrogens with zero attached hydrogens (tertiary/aromatic N) is 1. The number of hydrogen-bond donors (Lipinski definition) is 2. The van der Waals surface area contributed by atoms with Gasteiger partial charge in [-0.3, -0.25) is 4.79 Å². The molecule has 1 aliphatic rings. The van der Waals surface area contributed by atoms with E-state index >= 15 is 0 Å². The third kappa shape index (κ3) is 4.63. The van der Waals surface area contributed by atoms with E-state index in [1.807, 2.05) is 18.2 Å². The second-order valence-corrected chi connectivity index (χ2v) is 5.67. The second kappa shape index (κ2) is 7.31. The Balaban J connectivity index is 2.10. The number of carbonyl (C=O) groups is 1. The predicted molar refractivity (Wildman–Crippen MR) is 86.1 cm³/mol. The molecule has 1 aromatic rings. The lowest BCUT2D eigenvalue weighted by Crippen LogP contribution is -2.23. The fourth-order valence-corrected chi connectivity index (χ4v) is 2.71. The Kier molecular flexibility index (Phi) is 5.44. The van der Waals surface area contributed by atoms with Crippen LogP contribution in [0.25, 0.3) is 0 Å². The molecule has 5 nitrogen and oxygen atoms in total. The molecule has 0 spiro atoms. The van der Waals surface area contributed by atoms with E-state index in [1.165, 1.54) is 13.3 Å². The highest BCUT2D eigenvalue weighted by Crippen LogP contribution is 2.29. The molecule has 21 heavy (non-hydrogen) atoms. The molecule has 0 aliphatic carbocycles. The molecule has 0 saturated carbocycles. The molecular weight excluding hydrogens is 266 g/mol. The van der Waals surface area contributed by atoms with Gasteiger partial charge in [0.2, 0.25) is 5.91 Å². The fourth-order valence-electron chi connectivity index (χ4n) is 2.71. The van der Waals surface area contributed by atoms with Crippen LogP contribution in [0.5, 0.6) is 5.75 Å². The molecule has 1 amide bonds. The van der Waals surface area contributed by atoms with Gasteiger partial charge in [0.15, 0.2) is 0 Å². The first-order valence-electron chi connectivity index (χ1n) is 7.49. The van der Waals surface area contributed by atoms with E-state index in [1.54, 1.807) is 7.11 Å². The van der Waals surface area contributed by atoms with Gasteiger partial charge in [-0.25, -0.2) is 0 Å². The summed E-state index contributed by atoms with van der Waals surface area (Å²) in [5, 5.41) is 6.38. The van der Waals surface area contributed by atoms with Gasteiger partial charge < -0.3 is 20.3 Å². The highest BCUT2D eigenvalue weighted by Gasteiger charge is 2.16. The summed E-state index contributed by atoms with van der Waals surface area (Å²) < 4.78 is 5.41. The van der Waals surface area contributed by atoms with Crippen LogP contribution in [0.4, 0.5) is 11.4 Å². The molecule has 5 heteroatoms. The van der Waals surface area contributed by atoms with Crippen LogP contribution in [-0.2, 0) is 4.79 Å². The summed E-state index contributed by atoms with van der Waals surface area (Å²) in [7, 11) is 3.83. The summed E-state index contributed by atoms with van der Waals surface area (Å²) >= 11 is 0. The summed E-state index contributed by atoms with van der Waals surface area (Å²) in [5.74, 6) is 0.740. The summed E-state index contributed by atoms with van der Waals surface area (Å²) in [6.45, 7) is 3.77. The van der Waals surface area contributed by atoms with Crippen molar-refractivity contribution in [1.29, 1.82) is 0 Å². The van der Waals surface area contributed by atoms with Crippen molar-refractivity contribution in [2.75, 3.05) is 37.9 Å². The van der Waals surface area contributed by atoms with E-state index in [2.05, 4.69) is 22.6 Å². The van der Waals surface area contributed by atoms with Crippen LogP contribution in [0.1, 0.15) is 26.2 Å². The third-order valence-corrected chi connectivity index (χ3v) is 3.83. The molecule has 2 N–H and O–H groups in total. The molecule has 1 heterocycles. The van der Waals surface area contributed by atoms with Gasteiger partial charge in [-0.15, -0.1) is 0 Å². The van der Waals surface area contributed by atoms with Gasteiger partial charge in [0.1, 0.15) is 5.75 Å². The van der Waals surface area contributed by atoms with Crippen molar-refractivity contribution in [3.8, 4) is 5.75 Å². The minimum atomic E-state index is -0.0674. The zero-order valence-corrected chi connectivity index (χ0v) is 13.1. The quantitative estimate of drug-likeness (QED) is 0.895. The minimum absolute atomic E-state index is 0.0674. The first kappa shape index (κ1) is 15.6. The van der Waals surface area contributed by atoms with Gasteiger partial charge in [-0.2, -0.15) is 0 Å². The number of hydrogen-bond acceptors (Lipinski definition) is 4. The Morgan fingerprint density at radius 3 is 2.86 bits per heavy atom. The Hall–Kier alpha value is -1.75. The van der Waals surface area contributed by atoms with E-state index in [0.717, 1.165) is 43.1 Å². The maximum absolute atomic E-state index is 11.2. The number of carbonyl (C=O) groups excluding carboxylic acids is 1. The number of likely N-dealkylation sites (tertiary alicyclic amines) is 1. The summed E-state index contributed by atoms with van der Waals surface area (Å²) in [6.07, 6.45) is 3.46. The van der Waals surface area contributed by atoms with Crippen LogP contribution >= 0.6 is 0 Å². The van der Waals surface area contributed by atoms with Crippen LogP contribution in [0, 0.1) is 0 Å². The molecule has 0 bridgehead atoms. The number of nitrogens with one attached hydrogen (secondary N) is 2. The monoisotopic (exact) mass is 291 g/mol. The Morgan fingerprint density at radius 2 is 2.14 bits per heavy atom. The average Bonchev–Trinajstić information content (AvgIpc) is 2.63. The fraction of sp³-hybridized carbons (Fsp3) is 0.562. The third-order valence-electron chi connectivity index (χ3n) is 3.83. The van der Waals surface area contributed by atoms with E-state index in [9.17, 15) is 4.79 Å². The van der Waals surface area contributed by atoms with Gasteiger partial charge in [0.05, 0.1) is 12.8 Å². The zero-order chi connectivity index (χ0) is 15.2. The number of benzene rings is 1. The number of rotatable bonds is 4. The summed E-state index contributed by atoms with van der Waals surface area (Å²) in [6, 6.07) is 6.12. The molecule has 1 saturated heterocycles. The van der Waals surface area contributed by atoms with Crippen molar-refractivity contribution in [1.82, 2.24) is 4.90 Å². The van der Waals surface area contributed by atoms with Crippen LogP contribution in [0.15, 0.2) is 18.2 Å². The Labute approximate surface area is 126 Å². The van der Waals surface area contributed by atoms with Crippen molar-refractivity contribution in [3.63, 3.8) is 0 Å². The standard InChI is InChI=1S/C16H25N3O2/c1-12(20)17-14-6-7-16(21-3)15(11-14)18-13-5-4-9-19(2)10-8-13/h6-7,11,13,18H,4-5,8-10H2,1-3H3,(H,17,20). The van der Waals surface area contributed by atoms with Crippen molar-refractivity contribution in [2.45, 2.75) is 32.2 Å². The van der Waals surface area contributed by atoms with Crippen LogP contribution < -0.4 is 15.4 Å². The van der Waals surface area contributed by atoms with Gasteiger partial charge in [-0.05, 0) is 57.6 Å². The Bertz CT molecular complexity index is 490. The minimum Gasteiger partial charge on any atom is -0.495 e. The van der Waals surface area contributed by atoms with E-state index in [0.29, 0.717) is 6.04 Å². The lowest BCUT2D eigenvalue weighted by Gasteiger charge is -2.20. The molecule has 2 rings (SSSR count). The second-order valence-electron chi connectivity index (χ2n) is 5.67. The largest absolute Gasteiger partial charge is 0.495 e. The lowest BCUT2D eigenvalue weighted by atomic mass is 10.1. The Morgan fingerprint density at radius 1 is 1.33 bits per heavy atom. The van der Waals surface area contributed by atoms with Crippen molar-refractivity contribution >= 4 is 17.3 Å². The number of ether oxygens (including phenoxy) is 1. The van der Waals surface area contributed by atoms with Crippen molar-refractivity contribution in [3.05, 3.63) is 18.2 Å². The predicted octanol–water partition coefficient (Wildman–Crippen LogP) is 2.55. The topological polar surface area (TPSA) is 53.6 Å². The molecule has 1 atom stereocenters. The molecule has 1 unspecified atom stereocenters. The molecule has 1 aromatic carbocycles. The first-order chi connectivity index (χ1) is 10.1. The molecule has 116 valence electrons. The van der Waals surface area contributed by atoms with Crippen LogP contribution in [0.3, 0.4) is 0 Å². The van der Waals surface area contributed by atoms with Crippen molar-refractivity contribution in [2.24, 2.45) is 0 Å². The van der Waals surface area contributed by atoms with E-state index in [4.69, 9.17) is 4.74 Å². The van der Waals surface area contributed by atoms with Gasteiger partial charge in [0.25, 0.3) is 0 Å². The average molecular weight is 291 g/mol. The number of methoxy groups -OCH3 is 1. The molecule has 0 radical (unpaired) electrons. The summed E-state index contributed by atoms with van der Waals surface area (Å²) in [5.41, 5.74) is 1.73. The maximum atomic E-state index is 11.2. The molecule has 0 aromatic heterocycles. The normalized spacial score (nSPS) is 19.7. The first-order valence-corrected chi connectivity index (χ1v) is 7.49.